The summed E-state index contributed by atoms with van der Waals surface area (Å²) in [6.45, 7) is 2.90. The van der Waals surface area contributed by atoms with Crippen molar-refractivity contribution in [2.24, 2.45) is 0 Å². The van der Waals surface area contributed by atoms with E-state index in [4.69, 9.17) is 4.98 Å². The Bertz CT molecular complexity index is 1150. The molecule has 0 aliphatic carbocycles. The van der Waals surface area contributed by atoms with Crippen molar-refractivity contribution in [3.63, 3.8) is 0 Å². The average Bonchev–Trinajstić information content (AvgIpc) is 3.47. The minimum Gasteiger partial charge on any atom is -0.334 e. The van der Waals surface area contributed by atoms with Crippen molar-refractivity contribution in [3.8, 4) is 21.1 Å². The van der Waals surface area contributed by atoms with Crippen LogP contribution >= 0.6 is 22.7 Å². The van der Waals surface area contributed by atoms with Gasteiger partial charge in [0, 0.05) is 24.7 Å². The Morgan fingerprint density at radius 1 is 1.14 bits per heavy atom. The summed E-state index contributed by atoms with van der Waals surface area (Å²) in [6.07, 6.45) is 5.50. The summed E-state index contributed by atoms with van der Waals surface area (Å²) in [7, 11) is 0. The van der Waals surface area contributed by atoms with Crippen LogP contribution in [0, 0.1) is 6.92 Å². The van der Waals surface area contributed by atoms with E-state index in [1.807, 2.05) is 48.7 Å². The van der Waals surface area contributed by atoms with E-state index in [1.54, 1.807) is 11.3 Å². The summed E-state index contributed by atoms with van der Waals surface area (Å²) >= 11 is 3.07. The summed E-state index contributed by atoms with van der Waals surface area (Å²) in [5.74, 6) is 1.01. The van der Waals surface area contributed by atoms with E-state index in [9.17, 15) is 4.79 Å². The first-order valence-electron chi connectivity index (χ1n) is 9.67. The second-order valence-electron chi connectivity index (χ2n) is 7.10. The van der Waals surface area contributed by atoms with Crippen LogP contribution < -0.4 is 5.32 Å². The van der Waals surface area contributed by atoms with Crippen LogP contribution in [-0.2, 0) is 13.0 Å². The van der Waals surface area contributed by atoms with Crippen LogP contribution in [0.4, 0.5) is 5.69 Å². The molecular formula is C22H20N4OS2. The number of nitrogens with one attached hydrogen (secondary N) is 1. The summed E-state index contributed by atoms with van der Waals surface area (Å²) in [4.78, 5) is 24.2. The molecule has 0 saturated carbocycles. The van der Waals surface area contributed by atoms with E-state index in [2.05, 4.69) is 21.1 Å². The molecule has 1 aromatic carbocycles. The predicted molar refractivity (Wildman–Crippen MR) is 119 cm³/mol. The highest BCUT2D eigenvalue weighted by molar-refractivity contribution is 7.22. The van der Waals surface area contributed by atoms with Crippen LogP contribution in [0.5, 0.6) is 0 Å². The van der Waals surface area contributed by atoms with Crippen LogP contribution in [0.15, 0.2) is 48.0 Å². The minimum atomic E-state index is -0.126. The fourth-order valence-corrected chi connectivity index (χ4v) is 5.41. The number of aryl methyl sites for hydroxylation is 3. The second-order valence-corrected chi connectivity index (χ2v) is 9.05. The molecule has 1 amide bonds. The quantitative estimate of drug-likeness (QED) is 0.465. The number of fused-ring (bicyclic) bond motifs is 1. The normalized spacial score (nSPS) is 13.3. The third-order valence-electron chi connectivity index (χ3n) is 5.09. The predicted octanol–water partition coefficient (Wildman–Crippen LogP) is 5.63. The lowest BCUT2D eigenvalue weighted by Gasteiger charge is -2.11. The van der Waals surface area contributed by atoms with Gasteiger partial charge in [-0.05, 0) is 37.3 Å². The second kappa shape index (κ2) is 7.57. The number of rotatable bonds is 4. The molecule has 1 aliphatic heterocycles. The number of aromatic nitrogens is 3. The zero-order valence-corrected chi connectivity index (χ0v) is 17.6. The first-order valence-corrected chi connectivity index (χ1v) is 11.4. The van der Waals surface area contributed by atoms with Gasteiger partial charge in [-0.1, -0.05) is 24.3 Å². The van der Waals surface area contributed by atoms with Crippen molar-refractivity contribution in [2.75, 3.05) is 5.32 Å². The van der Waals surface area contributed by atoms with Gasteiger partial charge in [0.15, 0.2) is 0 Å². The Labute approximate surface area is 177 Å². The number of carbonyl (C=O) groups excluding carboxylic acids is 1. The van der Waals surface area contributed by atoms with E-state index in [0.29, 0.717) is 4.88 Å². The molecule has 5 nitrogen and oxygen atoms in total. The minimum absolute atomic E-state index is 0.126. The maximum absolute atomic E-state index is 13.0. The highest BCUT2D eigenvalue weighted by Gasteiger charge is 2.20. The molecule has 0 radical (unpaired) electrons. The van der Waals surface area contributed by atoms with E-state index in [1.165, 1.54) is 24.2 Å². The number of hydrogen-bond donors (Lipinski definition) is 1. The lowest BCUT2D eigenvalue weighted by atomic mass is 10.1. The van der Waals surface area contributed by atoms with Gasteiger partial charge < -0.3 is 9.88 Å². The largest absolute Gasteiger partial charge is 0.334 e. The lowest BCUT2D eigenvalue weighted by Crippen LogP contribution is -2.12. The van der Waals surface area contributed by atoms with Gasteiger partial charge >= 0.3 is 0 Å². The topological polar surface area (TPSA) is 59.8 Å². The van der Waals surface area contributed by atoms with Crippen molar-refractivity contribution in [1.82, 2.24) is 14.5 Å². The SMILES string of the molecule is Cc1nc(-c2cccs2)sc1C(=O)Nc1ccccc1-c1cn2c(n1)CCCC2. The molecule has 0 saturated heterocycles. The van der Waals surface area contributed by atoms with Crippen molar-refractivity contribution >= 4 is 34.3 Å². The van der Waals surface area contributed by atoms with Gasteiger partial charge in [-0.25, -0.2) is 9.97 Å². The number of thiazole rings is 1. The molecule has 4 aromatic rings. The van der Waals surface area contributed by atoms with E-state index >= 15 is 0 Å². The molecule has 146 valence electrons. The Kier molecular flexibility index (Phi) is 4.77. The smallest absolute Gasteiger partial charge is 0.267 e. The number of imidazole rings is 1. The average molecular weight is 421 g/mol. The van der Waals surface area contributed by atoms with Crippen molar-refractivity contribution in [1.29, 1.82) is 0 Å². The van der Waals surface area contributed by atoms with Crippen LogP contribution in [0.2, 0.25) is 0 Å². The molecule has 0 spiro atoms. The number of hydrogen-bond acceptors (Lipinski definition) is 5. The van der Waals surface area contributed by atoms with Gasteiger partial charge in [-0.2, -0.15) is 0 Å². The zero-order valence-electron chi connectivity index (χ0n) is 16.0. The Morgan fingerprint density at radius 3 is 2.86 bits per heavy atom. The summed E-state index contributed by atoms with van der Waals surface area (Å²) < 4.78 is 2.23. The molecule has 3 aromatic heterocycles. The van der Waals surface area contributed by atoms with Crippen molar-refractivity contribution < 1.29 is 4.79 Å². The van der Waals surface area contributed by atoms with Crippen LogP contribution in [0.3, 0.4) is 0 Å². The number of benzene rings is 1. The monoisotopic (exact) mass is 420 g/mol. The molecule has 0 fully saturated rings. The molecule has 1 N–H and O–H groups in total. The molecule has 0 bridgehead atoms. The highest BCUT2D eigenvalue weighted by Crippen LogP contribution is 2.33. The van der Waals surface area contributed by atoms with Gasteiger partial charge in [0.25, 0.3) is 5.91 Å². The standard InChI is InChI=1S/C22H20N4OS2/c1-14-20(29-22(23-14)18-9-6-12-28-18)21(27)25-16-8-3-2-7-15(16)17-13-26-11-5-4-10-19(26)24-17/h2-3,6-9,12-13H,4-5,10-11H2,1H3,(H,25,27). The lowest BCUT2D eigenvalue weighted by molar-refractivity contribution is 0.103. The Balaban J connectivity index is 1.44. The fraction of sp³-hybridized carbons (Fsp3) is 0.227. The number of carbonyl (C=O) groups is 1. The summed E-state index contributed by atoms with van der Waals surface area (Å²) in [5.41, 5.74) is 3.39. The van der Waals surface area contributed by atoms with Gasteiger partial charge in [-0.3, -0.25) is 4.79 Å². The van der Waals surface area contributed by atoms with E-state index < -0.39 is 0 Å². The number of amides is 1. The number of anilines is 1. The maximum atomic E-state index is 13.0. The first kappa shape index (κ1) is 18.3. The Hall–Kier alpha value is -2.77. The van der Waals surface area contributed by atoms with Gasteiger partial charge in [-0.15, -0.1) is 22.7 Å². The van der Waals surface area contributed by atoms with Crippen molar-refractivity contribution in [3.05, 3.63) is 64.4 Å². The zero-order chi connectivity index (χ0) is 19.8. The fourth-order valence-electron chi connectivity index (χ4n) is 3.65. The molecule has 7 heteroatoms. The highest BCUT2D eigenvalue weighted by atomic mass is 32.1. The number of thiophene rings is 1. The molecule has 5 rings (SSSR count). The van der Waals surface area contributed by atoms with E-state index in [0.717, 1.165) is 51.3 Å². The van der Waals surface area contributed by atoms with Crippen LogP contribution in [0.1, 0.15) is 34.0 Å². The number of para-hydroxylation sites is 1. The Morgan fingerprint density at radius 2 is 2.03 bits per heavy atom. The third kappa shape index (κ3) is 3.52. The molecule has 4 heterocycles. The number of nitrogens with zero attached hydrogens (tertiary/aromatic N) is 3. The molecular weight excluding hydrogens is 400 g/mol. The third-order valence-corrected chi connectivity index (χ3v) is 7.29. The van der Waals surface area contributed by atoms with Crippen molar-refractivity contribution in [2.45, 2.75) is 32.7 Å². The molecule has 1 aliphatic rings. The molecule has 0 unspecified atom stereocenters. The van der Waals surface area contributed by atoms with E-state index in [-0.39, 0.29) is 5.91 Å². The molecule has 0 atom stereocenters. The van der Waals surface area contributed by atoms with Gasteiger partial charge in [0.05, 0.1) is 22.0 Å². The summed E-state index contributed by atoms with van der Waals surface area (Å²) in [6, 6.07) is 11.9. The van der Waals surface area contributed by atoms with Gasteiger partial charge in [0.1, 0.15) is 15.7 Å². The first-order chi connectivity index (χ1) is 14.2. The van der Waals surface area contributed by atoms with Crippen LogP contribution in [-0.4, -0.2) is 20.4 Å². The van der Waals surface area contributed by atoms with Crippen LogP contribution in [0.25, 0.3) is 21.1 Å². The summed E-state index contributed by atoms with van der Waals surface area (Å²) in [5, 5.41) is 6.00. The van der Waals surface area contributed by atoms with Gasteiger partial charge in [0.2, 0.25) is 0 Å². The molecule has 29 heavy (non-hydrogen) atoms. The maximum Gasteiger partial charge on any atom is 0.267 e.